The van der Waals surface area contributed by atoms with Gasteiger partial charge in [-0.1, -0.05) is 0 Å². The molecular weight excluding hydrogens is 304 g/mol. The zero-order chi connectivity index (χ0) is 17.3. The molecule has 0 spiro atoms. The lowest BCUT2D eigenvalue weighted by Crippen LogP contribution is -2.43. The number of hydrogen-bond acceptors (Lipinski definition) is 4. The van der Waals surface area contributed by atoms with E-state index in [4.69, 9.17) is 4.74 Å². The number of carbonyl (C=O) groups is 1. The Morgan fingerprint density at radius 3 is 2.96 bits per heavy atom. The van der Waals surface area contributed by atoms with Gasteiger partial charge in [0.25, 0.3) is 0 Å². The number of nitrogens with zero attached hydrogens (tertiary/aromatic N) is 4. The summed E-state index contributed by atoms with van der Waals surface area (Å²) in [7, 11) is 0. The summed E-state index contributed by atoms with van der Waals surface area (Å²) in [5.41, 5.74) is 2.58. The van der Waals surface area contributed by atoms with Crippen LogP contribution in [0.4, 0.5) is 4.79 Å². The Hall–Kier alpha value is -2.11. The monoisotopic (exact) mass is 330 g/mol. The van der Waals surface area contributed by atoms with E-state index >= 15 is 0 Å². The normalized spacial score (nSPS) is 18.8. The highest BCUT2D eigenvalue weighted by atomic mass is 16.6. The van der Waals surface area contributed by atoms with E-state index in [0.717, 1.165) is 49.4 Å². The molecule has 130 valence electrons. The fourth-order valence-electron chi connectivity index (χ4n) is 3.28. The number of ether oxygens (including phenoxy) is 1. The van der Waals surface area contributed by atoms with Crippen LogP contribution in [-0.2, 0) is 11.2 Å². The number of piperidine rings is 1. The molecule has 1 amide bonds. The van der Waals surface area contributed by atoms with Gasteiger partial charge in [0, 0.05) is 30.5 Å². The minimum atomic E-state index is -0.451. The third kappa shape index (κ3) is 3.86. The standard InChI is InChI=1S/C18H26N4O2/c1-13-10-15(22-16(20-13)7-8-19-22)11-14-6-5-9-21(12-14)17(23)24-18(2,3)4/h7-8,10,14H,5-6,9,11-12H2,1-4H3. The van der Waals surface area contributed by atoms with Crippen LogP contribution in [0.25, 0.3) is 5.65 Å². The summed E-state index contributed by atoms with van der Waals surface area (Å²) in [5.74, 6) is 0.417. The number of carbonyl (C=O) groups excluding carboxylic acids is 1. The van der Waals surface area contributed by atoms with E-state index in [2.05, 4.69) is 16.1 Å². The number of hydrogen-bond donors (Lipinski definition) is 0. The molecular formula is C18H26N4O2. The van der Waals surface area contributed by atoms with E-state index in [9.17, 15) is 4.79 Å². The summed E-state index contributed by atoms with van der Waals surface area (Å²) in [6.45, 7) is 9.23. The van der Waals surface area contributed by atoms with Gasteiger partial charge in [0.05, 0.1) is 6.20 Å². The van der Waals surface area contributed by atoms with Gasteiger partial charge in [-0.05, 0) is 58.9 Å². The summed E-state index contributed by atoms with van der Waals surface area (Å²) < 4.78 is 7.41. The molecule has 1 unspecified atom stereocenters. The molecule has 24 heavy (non-hydrogen) atoms. The van der Waals surface area contributed by atoms with E-state index in [-0.39, 0.29) is 6.09 Å². The zero-order valence-corrected chi connectivity index (χ0v) is 15.0. The van der Waals surface area contributed by atoms with Crippen molar-refractivity contribution in [1.82, 2.24) is 19.5 Å². The molecule has 2 aromatic rings. The lowest BCUT2D eigenvalue weighted by molar-refractivity contribution is 0.0165. The average molecular weight is 330 g/mol. The predicted molar refractivity (Wildman–Crippen MR) is 92.0 cm³/mol. The number of aryl methyl sites for hydroxylation is 1. The molecule has 6 heteroatoms. The lowest BCUT2D eigenvalue weighted by atomic mass is 9.93. The number of amides is 1. The zero-order valence-electron chi connectivity index (χ0n) is 15.0. The van der Waals surface area contributed by atoms with Crippen LogP contribution in [0.3, 0.4) is 0 Å². The highest BCUT2D eigenvalue weighted by molar-refractivity contribution is 5.68. The van der Waals surface area contributed by atoms with Crippen LogP contribution in [0.5, 0.6) is 0 Å². The molecule has 0 N–H and O–H groups in total. The molecule has 0 saturated carbocycles. The van der Waals surface area contributed by atoms with Crippen molar-refractivity contribution in [2.24, 2.45) is 5.92 Å². The summed E-state index contributed by atoms with van der Waals surface area (Å²) in [4.78, 5) is 18.6. The van der Waals surface area contributed by atoms with E-state index < -0.39 is 5.60 Å². The Morgan fingerprint density at radius 1 is 1.42 bits per heavy atom. The number of likely N-dealkylation sites (tertiary alicyclic amines) is 1. The molecule has 3 heterocycles. The van der Waals surface area contributed by atoms with Crippen molar-refractivity contribution in [2.75, 3.05) is 13.1 Å². The van der Waals surface area contributed by atoms with Crippen LogP contribution in [0, 0.1) is 12.8 Å². The Balaban J connectivity index is 1.71. The highest BCUT2D eigenvalue weighted by Crippen LogP contribution is 2.23. The van der Waals surface area contributed by atoms with Crippen LogP contribution in [-0.4, -0.2) is 44.3 Å². The third-order valence-electron chi connectivity index (χ3n) is 4.23. The Bertz CT molecular complexity index is 732. The van der Waals surface area contributed by atoms with Crippen molar-refractivity contribution < 1.29 is 9.53 Å². The molecule has 1 aliphatic heterocycles. The Morgan fingerprint density at radius 2 is 2.21 bits per heavy atom. The molecule has 1 saturated heterocycles. The molecule has 0 bridgehead atoms. The van der Waals surface area contributed by atoms with Gasteiger partial charge in [-0.15, -0.1) is 0 Å². The summed E-state index contributed by atoms with van der Waals surface area (Å²) in [6, 6.07) is 4.01. The Kier molecular flexibility index (Phi) is 4.47. The second-order valence-electron chi connectivity index (χ2n) is 7.63. The third-order valence-corrected chi connectivity index (χ3v) is 4.23. The van der Waals surface area contributed by atoms with Crippen molar-refractivity contribution in [3.05, 3.63) is 29.7 Å². The van der Waals surface area contributed by atoms with Gasteiger partial charge in [0.2, 0.25) is 0 Å². The molecule has 2 aromatic heterocycles. The van der Waals surface area contributed by atoms with Crippen LogP contribution in [0.2, 0.25) is 0 Å². The molecule has 0 aliphatic carbocycles. The fraction of sp³-hybridized carbons (Fsp3) is 0.611. The van der Waals surface area contributed by atoms with Gasteiger partial charge in [-0.3, -0.25) is 0 Å². The number of aromatic nitrogens is 3. The molecule has 1 atom stereocenters. The van der Waals surface area contributed by atoms with Gasteiger partial charge < -0.3 is 9.64 Å². The van der Waals surface area contributed by atoms with Gasteiger partial charge in [-0.2, -0.15) is 5.10 Å². The first-order valence-corrected chi connectivity index (χ1v) is 8.60. The quantitative estimate of drug-likeness (QED) is 0.848. The van der Waals surface area contributed by atoms with Crippen molar-refractivity contribution in [3.63, 3.8) is 0 Å². The molecule has 0 radical (unpaired) electrons. The van der Waals surface area contributed by atoms with Crippen LogP contribution in [0.1, 0.15) is 45.0 Å². The van der Waals surface area contributed by atoms with Crippen molar-refractivity contribution in [2.45, 2.75) is 52.6 Å². The number of rotatable bonds is 2. The van der Waals surface area contributed by atoms with Crippen molar-refractivity contribution >= 4 is 11.7 Å². The Labute approximate surface area is 142 Å². The molecule has 3 rings (SSSR count). The molecule has 0 aromatic carbocycles. The molecule has 6 nitrogen and oxygen atoms in total. The SMILES string of the molecule is Cc1cc(CC2CCCN(C(=O)OC(C)(C)C)C2)n2nccc2n1. The maximum atomic E-state index is 12.3. The molecule has 1 fully saturated rings. The summed E-state index contributed by atoms with van der Waals surface area (Å²) >= 11 is 0. The van der Waals surface area contributed by atoms with Crippen molar-refractivity contribution in [1.29, 1.82) is 0 Å². The minimum absolute atomic E-state index is 0.206. The predicted octanol–water partition coefficient (Wildman–Crippen LogP) is 3.23. The maximum absolute atomic E-state index is 12.3. The van der Waals surface area contributed by atoms with E-state index in [1.165, 1.54) is 0 Å². The largest absolute Gasteiger partial charge is 0.444 e. The van der Waals surface area contributed by atoms with Gasteiger partial charge in [-0.25, -0.2) is 14.3 Å². The first-order chi connectivity index (χ1) is 11.3. The van der Waals surface area contributed by atoms with E-state index in [0.29, 0.717) is 5.92 Å². The second-order valence-corrected chi connectivity index (χ2v) is 7.63. The maximum Gasteiger partial charge on any atom is 0.410 e. The smallest absolute Gasteiger partial charge is 0.410 e. The van der Waals surface area contributed by atoms with Crippen LogP contribution < -0.4 is 0 Å². The summed E-state index contributed by atoms with van der Waals surface area (Å²) in [5, 5.41) is 4.38. The number of fused-ring (bicyclic) bond motifs is 1. The van der Waals surface area contributed by atoms with Gasteiger partial charge in [0.15, 0.2) is 5.65 Å². The van der Waals surface area contributed by atoms with Gasteiger partial charge in [0.1, 0.15) is 5.60 Å². The van der Waals surface area contributed by atoms with Crippen molar-refractivity contribution in [3.8, 4) is 0 Å². The summed E-state index contributed by atoms with van der Waals surface area (Å²) in [6.07, 6.45) is 4.59. The first-order valence-electron chi connectivity index (χ1n) is 8.60. The van der Waals surface area contributed by atoms with E-state index in [1.54, 1.807) is 6.20 Å². The van der Waals surface area contributed by atoms with Crippen LogP contribution >= 0.6 is 0 Å². The fourth-order valence-corrected chi connectivity index (χ4v) is 3.28. The highest BCUT2D eigenvalue weighted by Gasteiger charge is 2.28. The average Bonchev–Trinajstić information content (AvgIpc) is 2.94. The molecule has 1 aliphatic rings. The lowest BCUT2D eigenvalue weighted by Gasteiger charge is -2.34. The minimum Gasteiger partial charge on any atom is -0.444 e. The van der Waals surface area contributed by atoms with E-state index in [1.807, 2.05) is 43.2 Å². The van der Waals surface area contributed by atoms with Crippen LogP contribution in [0.15, 0.2) is 18.3 Å². The topological polar surface area (TPSA) is 59.7 Å². The first kappa shape index (κ1) is 16.7. The second kappa shape index (κ2) is 6.42. The van der Waals surface area contributed by atoms with Gasteiger partial charge >= 0.3 is 6.09 Å².